The number of halogens is 1. The lowest BCUT2D eigenvalue weighted by Gasteiger charge is -2.18. The van der Waals surface area contributed by atoms with E-state index in [1.165, 1.54) is 5.56 Å². The summed E-state index contributed by atoms with van der Waals surface area (Å²) in [6.07, 6.45) is 0.957. The highest BCUT2D eigenvalue weighted by atomic mass is 79.9. The van der Waals surface area contributed by atoms with Gasteiger partial charge in [0, 0.05) is 13.1 Å². The fourth-order valence-electron chi connectivity index (χ4n) is 1.74. The second-order valence-electron chi connectivity index (χ2n) is 5.31. The van der Waals surface area contributed by atoms with E-state index in [0.29, 0.717) is 6.54 Å². The van der Waals surface area contributed by atoms with E-state index in [4.69, 9.17) is 0 Å². The summed E-state index contributed by atoms with van der Waals surface area (Å²) in [4.78, 5) is 13.9. The Hall–Kier alpha value is -0.870. The fraction of sp³-hybridized carbons (Fsp3) is 0.533. The van der Waals surface area contributed by atoms with Crippen molar-refractivity contribution >= 4 is 21.8 Å². The molecule has 0 aromatic heterocycles. The van der Waals surface area contributed by atoms with Gasteiger partial charge in [-0.2, -0.15) is 0 Å². The van der Waals surface area contributed by atoms with Gasteiger partial charge in [0.1, 0.15) is 0 Å². The van der Waals surface area contributed by atoms with Crippen LogP contribution in [0.15, 0.2) is 30.3 Å². The van der Waals surface area contributed by atoms with Crippen LogP contribution in [0.2, 0.25) is 0 Å². The van der Waals surface area contributed by atoms with Gasteiger partial charge in [-0.15, -0.1) is 0 Å². The van der Waals surface area contributed by atoms with Gasteiger partial charge in [0.2, 0.25) is 5.91 Å². The Morgan fingerprint density at radius 2 is 1.95 bits per heavy atom. The predicted molar refractivity (Wildman–Crippen MR) is 83.4 cm³/mol. The molecule has 0 fully saturated rings. The first-order chi connectivity index (χ1) is 8.89. The summed E-state index contributed by atoms with van der Waals surface area (Å²) in [5.41, 5.74) is 1.32. The summed E-state index contributed by atoms with van der Waals surface area (Å²) in [7, 11) is 2.10. The minimum atomic E-state index is -0.483. The van der Waals surface area contributed by atoms with Gasteiger partial charge >= 0.3 is 0 Å². The Kier molecular flexibility index (Phi) is 6.52. The van der Waals surface area contributed by atoms with E-state index in [1.807, 2.05) is 19.9 Å². The third-order valence-electron chi connectivity index (χ3n) is 2.84. The number of carbonyl (C=O) groups excluding carboxylic acids is 1. The monoisotopic (exact) mass is 326 g/mol. The maximum atomic E-state index is 11.6. The lowest BCUT2D eigenvalue weighted by Crippen LogP contribution is -2.38. The molecule has 0 bridgehead atoms. The molecule has 0 saturated heterocycles. The summed E-state index contributed by atoms with van der Waals surface area (Å²) in [5.74, 6) is 0.0400. The minimum absolute atomic E-state index is 0.0400. The van der Waals surface area contributed by atoms with Gasteiger partial charge in [-0.3, -0.25) is 4.79 Å². The van der Waals surface area contributed by atoms with Crippen LogP contribution in [0.25, 0.3) is 0 Å². The number of hydrogen-bond acceptors (Lipinski definition) is 2. The molecule has 0 saturated carbocycles. The highest BCUT2D eigenvalue weighted by Gasteiger charge is 2.22. The van der Waals surface area contributed by atoms with Crippen molar-refractivity contribution in [2.75, 3.05) is 20.1 Å². The lowest BCUT2D eigenvalue weighted by atomic mass is 10.2. The SMILES string of the molecule is CN(CCCNC(=O)C(C)(C)Br)Cc1ccccc1. The van der Waals surface area contributed by atoms with Crippen LogP contribution in [0.5, 0.6) is 0 Å². The Bertz CT molecular complexity index is 387. The zero-order valence-electron chi connectivity index (χ0n) is 11.9. The molecule has 0 aliphatic rings. The van der Waals surface area contributed by atoms with Gasteiger partial charge in [-0.1, -0.05) is 46.3 Å². The summed E-state index contributed by atoms with van der Waals surface area (Å²) in [6.45, 7) is 6.33. The number of rotatable bonds is 7. The quantitative estimate of drug-likeness (QED) is 0.617. The van der Waals surface area contributed by atoms with E-state index in [1.54, 1.807) is 0 Å². The van der Waals surface area contributed by atoms with Crippen LogP contribution >= 0.6 is 15.9 Å². The highest BCUT2D eigenvalue weighted by molar-refractivity contribution is 9.10. The highest BCUT2D eigenvalue weighted by Crippen LogP contribution is 2.15. The molecular weight excluding hydrogens is 304 g/mol. The number of hydrogen-bond donors (Lipinski definition) is 1. The molecule has 0 aliphatic carbocycles. The average Bonchev–Trinajstić information content (AvgIpc) is 2.34. The topological polar surface area (TPSA) is 32.3 Å². The summed E-state index contributed by atoms with van der Waals surface area (Å²) >= 11 is 3.35. The van der Waals surface area contributed by atoms with Crippen molar-refractivity contribution in [3.63, 3.8) is 0 Å². The van der Waals surface area contributed by atoms with Crippen LogP contribution in [0.4, 0.5) is 0 Å². The zero-order chi connectivity index (χ0) is 14.3. The Morgan fingerprint density at radius 3 is 2.53 bits per heavy atom. The van der Waals surface area contributed by atoms with Crippen molar-refractivity contribution < 1.29 is 4.79 Å². The predicted octanol–water partition coefficient (Wildman–Crippen LogP) is 2.80. The van der Waals surface area contributed by atoms with Gasteiger partial charge in [0.05, 0.1) is 4.32 Å². The number of alkyl halides is 1. The molecule has 3 nitrogen and oxygen atoms in total. The van der Waals surface area contributed by atoms with E-state index in [2.05, 4.69) is 57.5 Å². The third kappa shape index (κ3) is 6.73. The molecule has 1 N–H and O–H groups in total. The first kappa shape index (κ1) is 16.2. The number of nitrogens with one attached hydrogen (secondary N) is 1. The van der Waals surface area contributed by atoms with Gasteiger partial charge in [0.15, 0.2) is 0 Å². The molecule has 0 aliphatic heterocycles. The lowest BCUT2D eigenvalue weighted by molar-refractivity contribution is -0.122. The molecule has 0 radical (unpaired) electrons. The molecule has 19 heavy (non-hydrogen) atoms. The van der Waals surface area contributed by atoms with Crippen LogP contribution in [0.3, 0.4) is 0 Å². The fourth-order valence-corrected chi connectivity index (χ4v) is 1.88. The molecule has 0 spiro atoms. The molecule has 1 aromatic carbocycles. The second kappa shape index (κ2) is 7.65. The van der Waals surface area contributed by atoms with Gasteiger partial charge < -0.3 is 10.2 Å². The first-order valence-corrected chi connectivity index (χ1v) is 7.38. The van der Waals surface area contributed by atoms with Crippen molar-refractivity contribution in [1.82, 2.24) is 10.2 Å². The van der Waals surface area contributed by atoms with E-state index >= 15 is 0 Å². The van der Waals surface area contributed by atoms with Crippen LogP contribution in [-0.4, -0.2) is 35.3 Å². The normalized spacial score (nSPS) is 11.6. The van der Waals surface area contributed by atoms with Crippen molar-refractivity contribution in [2.24, 2.45) is 0 Å². The largest absolute Gasteiger partial charge is 0.355 e. The zero-order valence-corrected chi connectivity index (χ0v) is 13.5. The first-order valence-electron chi connectivity index (χ1n) is 6.59. The summed E-state index contributed by atoms with van der Waals surface area (Å²) in [5, 5.41) is 2.93. The van der Waals surface area contributed by atoms with Crippen molar-refractivity contribution in [2.45, 2.75) is 31.1 Å². The molecule has 1 aromatic rings. The Balaban J connectivity index is 2.18. The van der Waals surface area contributed by atoms with Gasteiger partial charge in [-0.25, -0.2) is 0 Å². The van der Waals surface area contributed by atoms with Gasteiger partial charge in [-0.05, 0) is 39.4 Å². The van der Waals surface area contributed by atoms with E-state index in [9.17, 15) is 4.79 Å². The molecule has 1 rings (SSSR count). The maximum Gasteiger partial charge on any atom is 0.236 e. The Labute approximate surface area is 124 Å². The molecule has 0 atom stereocenters. The molecular formula is C15H23BrN2O. The smallest absolute Gasteiger partial charge is 0.236 e. The standard InChI is InChI=1S/C15H23BrN2O/c1-15(2,16)14(19)17-10-7-11-18(3)12-13-8-5-4-6-9-13/h4-6,8-9H,7,10-12H2,1-3H3,(H,17,19). The molecule has 1 amide bonds. The van der Waals surface area contributed by atoms with Gasteiger partial charge in [0.25, 0.3) is 0 Å². The van der Waals surface area contributed by atoms with E-state index in [-0.39, 0.29) is 5.91 Å². The Morgan fingerprint density at radius 1 is 1.32 bits per heavy atom. The molecule has 106 valence electrons. The van der Waals surface area contributed by atoms with Crippen molar-refractivity contribution in [1.29, 1.82) is 0 Å². The second-order valence-corrected chi connectivity index (χ2v) is 7.29. The van der Waals surface area contributed by atoms with Crippen molar-refractivity contribution in [3.8, 4) is 0 Å². The van der Waals surface area contributed by atoms with Crippen LogP contribution in [0, 0.1) is 0 Å². The molecule has 0 unspecified atom stereocenters. The molecule has 0 heterocycles. The minimum Gasteiger partial charge on any atom is -0.355 e. The van der Waals surface area contributed by atoms with E-state index < -0.39 is 4.32 Å². The third-order valence-corrected chi connectivity index (χ3v) is 3.20. The molecule has 4 heteroatoms. The van der Waals surface area contributed by atoms with E-state index in [0.717, 1.165) is 19.5 Å². The number of benzene rings is 1. The van der Waals surface area contributed by atoms with Crippen molar-refractivity contribution in [3.05, 3.63) is 35.9 Å². The number of carbonyl (C=O) groups is 1. The average molecular weight is 327 g/mol. The van der Waals surface area contributed by atoms with Crippen LogP contribution in [-0.2, 0) is 11.3 Å². The maximum absolute atomic E-state index is 11.6. The summed E-state index contributed by atoms with van der Waals surface area (Å²) in [6, 6.07) is 10.4. The number of amides is 1. The number of nitrogens with zero attached hydrogens (tertiary/aromatic N) is 1. The van der Waals surface area contributed by atoms with Crippen LogP contribution < -0.4 is 5.32 Å². The van der Waals surface area contributed by atoms with Crippen LogP contribution in [0.1, 0.15) is 25.8 Å². The summed E-state index contributed by atoms with van der Waals surface area (Å²) < 4.78 is -0.483.